The van der Waals surface area contributed by atoms with Gasteiger partial charge in [0.25, 0.3) is 0 Å². The minimum Gasteiger partial charge on any atom is -0.381 e. The lowest BCUT2D eigenvalue weighted by atomic mass is 10.0. The Labute approximate surface area is 174 Å². The summed E-state index contributed by atoms with van der Waals surface area (Å²) in [5.74, 6) is 1.53. The van der Waals surface area contributed by atoms with Crippen LogP contribution >= 0.6 is 0 Å². The van der Waals surface area contributed by atoms with Gasteiger partial charge in [0.15, 0.2) is 5.96 Å². The molecule has 0 unspecified atom stereocenters. The number of rotatable bonds is 10. The Kier molecular flexibility index (Phi) is 9.20. The summed E-state index contributed by atoms with van der Waals surface area (Å²) in [4.78, 5) is 9.20. The first-order valence-corrected chi connectivity index (χ1v) is 10.9. The second-order valence-electron chi connectivity index (χ2n) is 7.41. The summed E-state index contributed by atoms with van der Waals surface area (Å²) in [6.45, 7) is 7.90. The van der Waals surface area contributed by atoms with Crippen molar-refractivity contribution in [3.8, 4) is 0 Å². The Morgan fingerprint density at radius 3 is 2.93 bits per heavy atom. The van der Waals surface area contributed by atoms with Crippen molar-refractivity contribution in [2.45, 2.75) is 32.6 Å². The van der Waals surface area contributed by atoms with Crippen molar-refractivity contribution in [3.05, 3.63) is 42.1 Å². The molecular weight excluding hydrogens is 364 g/mol. The van der Waals surface area contributed by atoms with E-state index in [4.69, 9.17) is 9.47 Å². The highest BCUT2D eigenvalue weighted by molar-refractivity contribution is 5.82. The predicted molar refractivity (Wildman–Crippen MR) is 118 cm³/mol. The fourth-order valence-electron chi connectivity index (χ4n) is 3.55. The maximum absolute atomic E-state index is 5.82. The fraction of sp³-hybridized carbons (Fsp3) is 0.565. The SMILES string of the molecule is CCNC(=NCCCOCC1CCOCC1)NCCc1cccc2cccnc12. The first-order valence-electron chi connectivity index (χ1n) is 10.9. The lowest BCUT2D eigenvalue weighted by Gasteiger charge is -2.21. The molecule has 6 nitrogen and oxygen atoms in total. The van der Waals surface area contributed by atoms with E-state index >= 15 is 0 Å². The summed E-state index contributed by atoms with van der Waals surface area (Å²) in [5, 5.41) is 7.94. The molecule has 1 aromatic heterocycles. The normalized spacial score (nSPS) is 15.6. The third-order valence-corrected chi connectivity index (χ3v) is 5.16. The molecule has 0 aliphatic carbocycles. The number of ether oxygens (including phenoxy) is 2. The maximum atomic E-state index is 5.82. The summed E-state index contributed by atoms with van der Waals surface area (Å²) in [5.41, 5.74) is 2.34. The summed E-state index contributed by atoms with van der Waals surface area (Å²) in [6.07, 6.45) is 5.95. The number of pyridine rings is 1. The number of nitrogens with one attached hydrogen (secondary N) is 2. The molecule has 0 radical (unpaired) electrons. The Morgan fingerprint density at radius 1 is 1.21 bits per heavy atom. The number of para-hydroxylation sites is 1. The fourth-order valence-corrected chi connectivity index (χ4v) is 3.55. The Bertz CT molecular complexity index is 754. The molecule has 0 atom stereocenters. The number of aliphatic imine (C=N–C) groups is 1. The zero-order valence-corrected chi connectivity index (χ0v) is 17.5. The zero-order chi connectivity index (χ0) is 20.2. The predicted octanol–water partition coefficient (Wildman–Crippen LogP) is 3.17. The molecule has 2 aromatic rings. The third-order valence-electron chi connectivity index (χ3n) is 5.16. The summed E-state index contributed by atoms with van der Waals surface area (Å²) in [6, 6.07) is 10.4. The van der Waals surface area contributed by atoms with Crippen LogP contribution in [-0.4, -0.2) is 57.0 Å². The molecule has 1 saturated heterocycles. The van der Waals surface area contributed by atoms with Crippen LogP contribution in [0.3, 0.4) is 0 Å². The van der Waals surface area contributed by atoms with Crippen LogP contribution in [0.25, 0.3) is 10.9 Å². The molecule has 3 rings (SSSR count). The van der Waals surface area contributed by atoms with Gasteiger partial charge >= 0.3 is 0 Å². The molecule has 0 saturated carbocycles. The molecule has 0 bridgehead atoms. The quantitative estimate of drug-likeness (QED) is 0.366. The third kappa shape index (κ3) is 7.29. The van der Waals surface area contributed by atoms with Crippen LogP contribution < -0.4 is 10.6 Å². The van der Waals surface area contributed by atoms with Gasteiger partial charge in [-0.2, -0.15) is 0 Å². The standard InChI is InChI=1S/C23H34N4O2/c1-2-24-23(26-13-5-15-29-18-19-10-16-28-17-11-19)27-14-9-21-7-3-6-20-8-4-12-25-22(20)21/h3-4,6-8,12,19H,2,5,9-11,13-18H2,1H3,(H2,24,26,27). The van der Waals surface area contributed by atoms with Gasteiger partial charge in [0.05, 0.1) is 5.52 Å². The van der Waals surface area contributed by atoms with Crippen molar-refractivity contribution in [1.82, 2.24) is 15.6 Å². The summed E-state index contributed by atoms with van der Waals surface area (Å²) >= 11 is 0. The average Bonchev–Trinajstić information content (AvgIpc) is 2.77. The molecule has 2 N–H and O–H groups in total. The van der Waals surface area contributed by atoms with Gasteiger partial charge in [-0.25, -0.2) is 0 Å². The summed E-state index contributed by atoms with van der Waals surface area (Å²) in [7, 11) is 0. The summed E-state index contributed by atoms with van der Waals surface area (Å²) < 4.78 is 11.2. The van der Waals surface area contributed by atoms with E-state index in [0.717, 1.165) is 83.2 Å². The molecule has 158 valence electrons. The minimum absolute atomic E-state index is 0.662. The van der Waals surface area contributed by atoms with E-state index in [1.165, 1.54) is 10.9 Å². The Balaban J connectivity index is 1.37. The number of guanidine groups is 1. The Hall–Kier alpha value is -2.18. The highest BCUT2D eigenvalue weighted by atomic mass is 16.5. The van der Waals surface area contributed by atoms with E-state index in [0.29, 0.717) is 5.92 Å². The molecule has 29 heavy (non-hydrogen) atoms. The number of aromatic nitrogens is 1. The van der Waals surface area contributed by atoms with E-state index in [1.54, 1.807) is 0 Å². The van der Waals surface area contributed by atoms with E-state index in [1.807, 2.05) is 12.3 Å². The van der Waals surface area contributed by atoms with Gasteiger partial charge in [0.2, 0.25) is 0 Å². The van der Waals surface area contributed by atoms with Gasteiger partial charge in [-0.1, -0.05) is 24.3 Å². The van der Waals surface area contributed by atoms with Crippen LogP contribution in [0.15, 0.2) is 41.5 Å². The van der Waals surface area contributed by atoms with E-state index in [9.17, 15) is 0 Å². The topological polar surface area (TPSA) is 67.8 Å². The average molecular weight is 399 g/mol. The molecule has 1 aromatic carbocycles. The van der Waals surface area contributed by atoms with Crippen molar-refractivity contribution in [2.24, 2.45) is 10.9 Å². The van der Waals surface area contributed by atoms with E-state index in [-0.39, 0.29) is 0 Å². The van der Waals surface area contributed by atoms with Crippen LogP contribution in [0.1, 0.15) is 31.7 Å². The number of nitrogens with zero attached hydrogens (tertiary/aromatic N) is 2. The van der Waals surface area contributed by atoms with Gasteiger partial charge in [0.1, 0.15) is 0 Å². The van der Waals surface area contributed by atoms with Gasteiger partial charge in [-0.05, 0) is 50.2 Å². The van der Waals surface area contributed by atoms with E-state index in [2.05, 4.69) is 51.8 Å². The molecule has 6 heteroatoms. The number of fused-ring (bicyclic) bond motifs is 1. The molecular formula is C23H34N4O2. The number of hydrogen-bond acceptors (Lipinski definition) is 4. The van der Waals surface area contributed by atoms with Gasteiger partial charge < -0.3 is 20.1 Å². The molecule has 1 aliphatic rings. The molecule has 0 spiro atoms. The zero-order valence-electron chi connectivity index (χ0n) is 17.5. The first kappa shape index (κ1) is 21.5. The second-order valence-corrected chi connectivity index (χ2v) is 7.41. The van der Waals surface area contributed by atoms with Gasteiger partial charge in [0, 0.05) is 57.6 Å². The molecule has 0 amide bonds. The molecule has 1 fully saturated rings. The monoisotopic (exact) mass is 398 g/mol. The Morgan fingerprint density at radius 2 is 2.07 bits per heavy atom. The highest BCUT2D eigenvalue weighted by Gasteiger charge is 2.13. The van der Waals surface area contributed by atoms with Crippen molar-refractivity contribution in [3.63, 3.8) is 0 Å². The smallest absolute Gasteiger partial charge is 0.191 e. The minimum atomic E-state index is 0.662. The van der Waals surface area contributed by atoms with Crippen LogP contribution in [0.2, 0.25) is 0 Å². The van der Waals surface area contributed by atoms with Crippen LogP contribution in [0.4, 0.5) is 0 Å². The first-order chi connectivity index (χ1) is 14.4. The lowest BCUT2D eigenvalue weighted by Crippen LogP contribution is -2.38. The molecule has 1 aliphatic heterocycles. The maximum Gasteiger partial charge on any atom is 0.191 e. The van der Waals surface area contributed by atoms with Crippen LogP contribution in [0.5, 0.6) is 0 Å². The lowest BCUT2D eigenvalue weighted by molar-refractivity contribution is 0.0205. The largest absolute Gasteiger partial charge is 0.381 e. The molecule has 2 heterocycles. The van der Waals surface area contributed by atoms with Crippen molar-refractivity contribution < 1.29 is 9.47 Å². The van der Waals surface area contributed by atoms with Gasteiger partial charge in [-0.3, -0.25) is 9.98 Å². The second kappa shape index (κ2) is 12.4. The number of benzene rings is 1. The van der Waals surface area contributed by atoms with Crippen LogP contribution in [-0.2, 0) is 15.9 Å². The van der Waals surface area contributed by atoms with Crippen molar-refractivity contribution in [2.75, 3.05) is 46.1 Å². The van der Waals surface area contributed by atoms with Crippen LogP contribution in [0, 0.1) is 5.92 Å². The van der Waals surface area contributed by atoms with E-state index < -0.39 is 0 Å². The van der Waals surface area contributed by atoms with Gasteiger partial charge in [-0.15, -0.1) is 0 Å². The highest BCUT2D eigenvalue weighted by Crippen LogP contribution is 2.16. The van der Waals surface area contributed by atoms with Crippen molar-refractivity contribution in [1.29, 1.82) is 0 Å². The van der Waals surface area contributed by atoms with Crippen molar-refractivity contribution >= 4 is 16.9 Å². The number of hydrogen-bond donors (Lipinski definition) is 2.